The SMILES string of the molecule is CC(C)(O)c1oc(=O)c2ccccc2c1-c1ccc(OCC2CC2)c(O)c1. The number of ether oxygens (including phenoxy) is 1. The Morgan fingerprint density at radius 3 is 2.48 bits per heavy atom. The third kappa shape index (κ3) is 3.43. The molecule has 5 nitrogen and oxygen atoms in total. The molecule has 2 aromatic carbocycles. The molecule has 1 heterocycles. The van der Waals surface area contributed by atoms with Crippen LogP contribution < -0.4 is 10.4 Å². The normalized spacial score (nSPS) is 14.5. The van der Waals surface area contributed by atoms with Crippen molar-refractivity contribution < 1.29 is 19.4 Å². The van der Waals surface area contributed by atoms with E-state index in [1.807, 2.05) is 12.1 Å². The van der Waals surface area contributed by atoms with Gasteiger partial charge in [-0.1, -0.05) is 24.3 Å². The Kier molecular flexibility index (Phi) is 4.19. The van der Waals surface area contributed by atoms with Crippen LogP contribution in [0.5, 0.6) is 11.5 Å². The second kappa shape index (κ2) is 6.43. The molecule has 1 aliphatic rings. The number of phenolic OH excluding ortho intramolecular Hbond substituents is 1. The molecule has 0 unspecified atom stereocenters. The molecule has 1 aromatic heterocycles. The van der Waals surface area contributed by atoms with E-state index in [1.165, 1.54) is 12.8 Å². The maximum absolute atomic E-state index is 12.4. The van der Waals surface area contributed by atoms with Crippen molar-refractivity contribution in [3.8, 4) is 22.6 Å². The Hall–Kier alpha value is -2.79. The number of phenols is 1. The minimum Gasteiger partial charge on any atom is -0.504 e. The number of hydrogen-bond acceptors (Lipinski definition) is 5. The lowest BCUT2D eigenvalue weighted by Gasteiger charge is -2.21. The second-order valence-electron chi connectivity index (χ2n) is 7.64. The van der Waals surface area contributed by atoms with Gasteiger partial charge >= 0.3 is 5.63 Å². The minimum atomic E-state index is -1.37. The van der Waals surface area contributed by atoms with Gasteiger partial charge in [-0.15, -0.1) is 0 Å². The molecule has 0 bridgehead atoms. The molecule has 27 heavy (non-hydrogen) atoms. The number of rotatable bonds is 5. The van der Waals surface area contributed by atoms with Crippen LogP contribution in [0.4, 0.5) is 0 Å². The van der Waals surface area contributed by atoms with Gasteiger partial charge in [-0.2, -0.15) is 0 Å². The lowest BCUT2D eigenvalue weighted by Crippen LogP contribution is -2.20. The summed E-state index contributed by atoms with van der Waals surface area (Å²) in [5.41, 5.74) is -0.639. The summed E-state index contributed by atoms with van der Waals surface area (Å²) in [7, 11) is 0. The van der Waals surface area contributed by atoms with Crippen molar-refractivity contribution >= 4 is 10.8 Å². The van der Waals surface area contributed by atoms with Crippen molar-refractivity contribution in [2.24, 2.45) is 5.92 Å². The predicted octanol–water partition coefficient (Wildman–Crippen LogP) is 4.18. The summed E-state index contributed by atoms with van der Waals surface area (Å²) in [6.45, 7) is 3.73. The Balaban J connectivity index is 1.88. The van der Waals surface area contributed by atoms with Crippen LogP contribution >= 0.6 is 0 Å². The highest BCUT2D eigenvalue weighted by atomic mass is 16.5. The minimum absolute atomic E-state index is 0.0186. The van der Waals surface area contributed by atoms with E-state index in [0.717, 1.165) is 0 Å². The van der Waals surface area contributed by atoms with Crippen LogP contribution in [0, 0.1) is 5.92 Å². The van der Waals surface area contributed by atoms with Gasteiger partial charge in [-0.25, -0.2) is 4.79 Å². The van der Waals surface area contributed by atoms with Crippen LogP contribution in [0.25, 0.3) is 21.9 Å². The zero-order valence-corrected chi connectivity index (χ0v) is 15.4. The molecule has 0 radical (unpaired) electrons. The molecule has 0 saturated heterocycles. The highest BCUT2D eigenvalue weighted by molar-refractivity contribution is 5.97. The second-order valence-corrected chi connectivity index (χ2v) is 7.64. The van der Waals surface area contributed by atoms with E-state index in [-0.39, 0.29) is 11.5 Å². The summed E-state index contributed by atoms with van der Waals surface area (Å²) in [5.74, 6) is 1.19. The third-order valence-corrected chi connectivity index (χ3v) is 4.81. The maximum Gasteiger partial charge on any atom is 0.343 e. The first kappa shape index (κ1) is 17.6. The monoisotopic (exact) mass is 366 g/mol. The maximum atomic E-state index is 12.4. The highest BCUT2D eigenvalue weighted by Crippen LogP contribution is 2.40. The fraction of sp³-hybridized carbons (Fsp3) is 0.318. The standard InChI is InChI=1S/C22H22O5/c1-22(2,25)20-19(15-5-3-4-6-16(15)21(24)27-20)14-9-10-18(17(23)11-14)26-12-13-7-8-13/h3-6,9-11,13,23,25H,7-8,12H2,1-2H3. The van der Waals surface area contributed by atoms with E-state index in [2.05, 4.69) is 0 Å². The summed E-state index contributed by atoms with van der Waals surface area (Å²) < 4.78 is 11.2. The van der Waals surface area contributed by atoms with E-state index < -0.39 is 11.2 Å². The van der Waals surface area contributed by atoms with Gasteiger partial charge < -0.3 is 19.4 Å². The molecule has 0 spiro atoms. The van der Waals surface area contributed by atoms with Gasteiger partial charge in [0.2, 0.25) is 0 Å². The van der Waals surface area contributed by atoms with Crippen molar-refractivity contribution in [2.75, 3.05) is 6.61 Å². The largest absolute Gasteiger partial charge is 0.504 e. The van der Waals surface area contributed by atoms with E-state index >= 15 is 0 Å². The molecule has 0 amide bonds. The van der Waals surface area contributed by atoms with Gasteiger partial charge in [0.15, 0.2) is 11.5 Å². The molecule has 4 rings (SSSR count). The molecular formula is C22H22O5. The van der Waals surface area contributed by atoms with Crippen LogP contribution in [0.3, 0.4) is 0 Å². The van der Waals surface area contributed by atoms with E-state index in [1.54, 1.807) is 44.2 Å². The average molecular weight is 366 g/mol. The molecule has 5 heteroatoms. The Bertz CT molecular complexity index is 1050. The number of aliphatic hydroxyl groups is 1. The summed E-state index contributed by atoms with van der Waals surface area (Å²) >= 11 is 0. The van der Waals surface area contributed by atoms with Gasteiger partial charge in [0, 0.05) is 10.9 Å². The number of aromatic hydroxyl groups is 1. The number of fused-ring (bicyclic) bond motifs is 1. The molecule has 3 aromatic rings. The summed E-state index contributed by atoms with van der Waals surface area (Å²) in [6.07, 6.45) is 2.34. The molecule has 0 atom stereocenters. The first-order valence-corrected chi connectivity index (χ1v) is 9.09. The van der Waals surface area contributed by atoms with Crippen LogP contribution in [-0.4, -0.2) is 16.8 Å². The van der Waals surface area contributed by atoms with Gasteiger partial charge in [0.25, 0.3) is 0 Å². The molecule has 2 N–H and O–H groups in total. The number of hydrogen-bond donors (Lipinski definition) is 2. The van der Waals surface area contributed by atoms with Gasteiger partial charge in [0.05, 0.1) is 12.0 Å². The number of benzene rings is 2. The van der Waals surface area contributed by atoms with Crippen molar-refractivity contribution in [3.05, 3.63) is 58.6 Å². The Labute approximate surface area is 156 Å². The van der Waals surface area contributed by atoms with Crippen molar-refractivity contribution in [3.63, 3.8) is 0 Å². The van der Waals surface area contributed by atoms with Gasteiger partial charge in [-0.05, 0) is 56.4 Å². The molecule has 140 valence electrons. The van der Waals surface area contributed by atoms with Gasteiger partial charge in [0.1, 0.15) is 11.4 Å². The predicted molar refractivity (Wildman–Crippen MR) is 103 cm³/mol. The third-order valence-electron chi connectivity index (χ3n) is 4.81. The first-order chi connectivity index (χ1) is 12.8. The highest BCUT2D eigenvalue weighted by Gasteiger charge is 2.28. The topological polar surface area (TPSA) is 79.9 Å². The fourth-order valence-electron chi connectivity index (χ4n) is 3.20. The summed E-state index contributed by atoms with van der Waals surface area (Å²) in [4.78, 5) is 12.4. The van der Waals surface area contributed by atoms with E-state index in [9.17, 15) is 15.0 Å². The average Bonchev–Trinajstić information content (AvgIpc) is 3.44. The molecule has 1 fully saturated rings. The molecular weight excluding hydrogens is 344 g/mol. The quantitative estimate of drug-likeness (QED) is 0.708. The smallest absolute Gasteiger partial charge is 0.343 e. The van der Waals surface area contributed by atoms with Crippen molar-refractivity contribution in [1.82, 2.24) is 0 Å². The molecule has 0 aliphatic heterocycles. The van der Waals surface area contributed by atoms with Gasteiger partial charge in [-0.3, -0.25) is 0 Å². The Morgan fingerprint density at radius 2 is 1.85 bits per heavy atom. The zero-order valence-electron chi connectivity index (χ0n) is 15.4. The summed E-state index contributed by atoms with van der Waals surface area (Å²) in [6, 6.07) is 12.2. The van der Waals surface area contributed by atoms with Crippen molar-refractivity contribution in [2.45, 2.75) is 32.3 Å². The fourth-order valence-corrected chi connectivity index (χ4v) is 3.20. The van der Waals surface area contributed by atoms with Crippen LogP contribution in [0.15, 0.2) is 51.7 Å². The molecule has 1 saturated carbocycles. The first-order valence-electron chi connectivity index (χ1n) is 9.09. The van der Waals surface area contributed by atoms with Crippen LogP contribution in [-0.2, 0) is 5.60 Å². The van der Waals surface area contributed by atoms with Crippen molar-refractivity contribution in [1.29, 1.82) is 0 Å². The lowest BCUT2D eigenvalue weighted by atomic mass is 9.92. The lowest BCUT2D eigenvalue weighted by molar-refractivity contribution is 0.0521. The van der Waals surface area contributed by atoms with E-state index in [4.69, 9.17) is 9.15 Å². The van der Waals surface area contributed by atoms with Crippen LogP contribution in [0.2, 0.25) is 0 Å². The Morgan fingerprint density at radius 1 is 1.15 bits per heavy atom. The molecule has 1 aliphatic carbocycles. The summed E-state index contributed by atoms with van der Waals surface area (Å²) in [5, 5.41) is 22.1. The zero-order chi connectivity index (χ0) is 19.2. The van der Waals surface area contributed by atoms with Crippen LogP contribution in [0.1, 0.15) is 32.4 Å². The van der Waals surface area contributed by atoms with E-state index in [0.29, 0.717) is 40.2 Å².